The predicted molar refractivity (Wildman–Crippen MR) is 146 cm³/mol. The minimum absolute atomic E-state index is 0.0314. The molecule has 0 bridgehead atoms. The first kappa shape index (κ1) is 30.1. The summed E-state index contributed by atoms with van der Waals surface area (Å²) >= 11 is 6.27. The number of carbonyl (C=O) groups is 3. The second-order valence-electron chi connectivity index (χ2n) is 10.4. The van der Waals surface area contributed by atoms with Crippen LogP contribution in [-0.2, 0) is 30.2 Å². The van der Waals surface area contributed by atoms with Crippen molar-refractivity contribution in [2.75, 3.05) is 12.3 Å². The Balaban J connectivity index is 1.77. The molecule has 41 heavy (non-hydrogen) atoms. The Bertz CT molecular complexity index is 1440. The van der Waals surface area contributed by atoms with Crippen molar-refractivity contribution in [3.8, 4) is 0 Å². The van der Waals surface area contributed by atoms with Gasteiger partial charge in [0.05, 0.1) is 19.0 Å². The number of hydrogen-bond donors (Lipinski definition) is 3. The van der Waals surface area contributed by atoms with Crippen molar-refractivity contribution < 1.29 is 33.7 Å². The molecule has 1 aliphatic rings. The number of esters is 1. The Morgan fingerprint density at radius 2 is 1.93 bits per heavy atom. The van der Waals surface area contributed by atoms with Gasteiger partial charge in [0, 0.05) is 5.02 Å². The van der Waals surface area contributed by atoms with E-state index in [1.165, 1.54) is 17.2 Å². The number of nitrogens with zero attached hydrogens (tertiary/aromatic N) is 5. The molecule has 4 rings (SSSR count). The monoisotopic (exact) mass is 589 g/mol. The highest BCUT2D eigenvalue weighted by Gasteiger charge is 2.56. The van der Waals surface area contributed by atoms with Gasteiger partial charge < -0.3 is 30.8 Å². The van der Waals surface area contributed by atoms with Crippen molar-refractivity contribution in [3.05, 3.63) is 47.5 Å². The van der Waals surface area contributed by atoms with Crippen LogP contribution < -0.4 is 11.5 Å². The molecule has 5 atom stereocenters. The molecule has 2 aromatic heterocycles. The number of anilines is 1. The third-order valence-corrected chi connectivity index (χ3v) is 6.63. The van der Waals surface area contributed by atoms with Crippen LogP contribution in [0.15, 0.2) is 36.9 Å². The van der Waals surface area contributed by atoms with Crippen molar-refractivity contribution >= 4 is 46.6 Å². The van der Waals surface area contributed by atoms with Gasteiger partial charge in [0.1, 0.15) is 29.6 Å². The SMILES string of the molecule is CCOC(=O)[C@H]1O[C@@H](n2cnc3c(N)ncnc32)[C@H](O)[C@@H]1N(C(=O)OC(C)(C)C)C(=O)C(N)Cc1ccccc1Cl. The van der Waals surface area contributed by atoms with Crippen LogP contribution in [0.1, 0.15) is 39.5 Å². The number of nitrogens with two attached hydrogens (primary N) is 2. The summed E-state index contributed by atoms with van der Waals surface area (Å²) in [6.07, 6.45) is -3.33. The number of ether oxygens (including phenoxy) is 3. The van der Waals surface area contributed by atoms with E-state index in [1.54, 1.807) is 52.0 Å². The van der Waals surface area contributed by atoms with Crippen molar-refractivity contribution in [2.45, 2.75) is 70.2 Å². The molecule has 0 saturated carbocycles. The average Bonchev–Trinajstić information content (AvgIpc) is 3.47. The summed E-state index contributed by atoms with van der Waals surface area (Å²) in [5, 5.41) is 12.0. The van der Waals surface area contributed by atoms with Gasteiger partial charge in [-0.05, 0) is 45.7 Å². The lowest BCUT2D eigenvalue weighted by Gasteiger charge is -2.34. The van der Waals surface area contributed by atoms with E-state index in [0.717, 1.165) is 0 Å². The van der Waals surface area contributed by atoms with Crippen molar-refractivity contribution in [2.24, 2.45) is 5.73 Å². The maximum absolute atomic E-state index is 13.9. The van der Waals surface area contributed by atoms with E-state index in [9.17, 15) is 19.5 Å². The van der Waals surface area contributed by atoms with Crippen LogP contribution >= 0.6 is 11.6 Å². The second kappa shape index (κ2) is 11.9. The first-order valence-corrected chi connectivity index (χ1v) is 13.2. The first-order valence-electron chi connectivity index (χ1n) is 12.8. The lowest BCUT2D eigenvalue weighted by molar-refractivity contribution is -0.160. The summed E-state index contributed by atoms with van der Waals surface area (Å²) in [6, 6.07) is 3.87. The number of amides is 2. The maximum Gasteiger partial charge on any atom is 0.417 e. The van der Waals surface area contributed by atoms with E-state index in [1.807, 2.05) is 0 Å². The van der Waals surface area contributed by atoms with E-state index < -0.39 is 54.1 Å². The zero-order valence-corrected chi connectivity index (χ0v) is 23.7. The van der Waals surface area contributed by atoms with Gasteiger partial charge in [-0.3, -0.25) is 9.36 Å². The molecule has 0 spiro atoms. The van der Waals surface area contributed by atoms with Gasteiger partial charge in [-0.2, -0.15) is 0 Å². The Kier molecular flexibility index (Phi) is 8.77. The lowest BCUT2D eigenvalue weighted by Crippen LogP contribution is -2.60. The zero-order valence-electron chi connectivity index (χ0n) is 22.9. The van der Waals surface area contributed by atoms with Crippen molar-refractivity contribution in [1.29, 1.82) is 0 Å². The molecular weight excluding hydrogens is 558 g/mol. The van der Waals surface area contributed by atoms with Crippen molar-refractivity contribution in [1.82, 2.24) is 24.4 Å². The fourth-order valence-electron chi connectivity index (χ4n) is 4.49. The highest BCUT2D eigenvalue weighted by atomic mass is 35.5. The number of halogens is 1. The van der Waals surface area contributed by atoms with Gasteiger partial charge in [0.2, 0.25) is 5.91 Å². The van der Waals surface area contributed by atoms with Crippen molar-refractivity contribution in [3.63, 3.8) is 0 Å². The molecule has 15 heteroatoms. The van der Waals surface area contributed by atoms with Crippen LogP contribution in [0.2, 0.25) is 5.02 Å². The third kappa shape index (κ3) is 6.25. The Hall–Kier alpha value is -3.85. The number of aromatic nitrogens is 4. The summed E-state index contributed by atoms with van der Waals surface area (Å²) in [7, 11) is 0. The minimum Gasteiger partial charge on any atom is -0.464 e. The highest BCUT2D eigenvalue weighted by molar-refractivity contribution is 6.31. The Morgan fingerprint density at radius 3 is 2.59 bits per heavy atom. The van der Waals surface area contributed by atoms with Crippen LogP contribution in [0, 0.1) is 0 Å². The number of fused-ring (bicyclic) bond motifs is 1. The number of benzene rings is 1. The number of imide groups is 1. The number of hydrogen-bond acceptors (Lipinski definition) is 12. The number of aliphatic hydroxyl groups is 1. The first-order chi connectivity index (χ1) is 19.3. The summed E-state index contributed by atoms with van der Waals surface area (Å²) < 4.78 is 18.0. The number of imidazole rings is 1. The number of carbonyl (C=O) groups excluding carboxylic acids is 3. The third-order valence-electron chi connectivity index (χ3n) is 6.26. The molecule has 3 heterocycles. The summed E-state index contributed by atoms with van der Waals surface area (Å²) in [5.74, 6) is -1.77. The van der Waals surface area contributed by atoms with Crippen LogP contribution in [0.4, 0.5) is 10.6 Å². The normalized spacial score (nSPS) is 21.4. The molecule has 3 aromatic rings. The lowest BCUT2D eigenvalue weighted by atomic mass is 10.0. The van der Waals surface area contributed by atoms with Gasteiger partial charge in [-0.1, -0.05) is 29.8 Å². The zero-order chi connectivity index (χ0) is 30.1. The van der Waals surface area contributed by atoms with E-state index in [4.69, 9.17) is 37.3 Å². The molecule has 1 fully saturated rings. The molecule has 220 valence electrons. The standard InChI is InChI=1S/C26H32ClN7O7/c1-5-39-24(37)19-17(18(35)23(40-19)33-12-32-16-20(29)30-11-31-21(16)33)34(25(38)41-26(2,3)4)22(36)15(28)10-13-8-6-7-9-14(13)27/h6-9,11-12,15,17-19,23,35H,5,10,28H2,1-4H3,(H2,29,30,31)/t15?,17-,18+,19-,23+/m0/s1. The average molecular weight is 590 g/mol. The molecule has 14 nitrogen and oxygen atoms in total. The van der Waals surface area contributed by atoms with Crippen LogP contribution in [-0.4, -0.2) is 84.0 Å². The molecule has 5 N–H and O–H groups in total. The number of aliphatic hydroxyl groups excluding tert-OH is 1. The van der Waals surface area contributed by atoms with E-state index >= 15 is 0 Å². The van der Waals surface area contributed by atoms with Gasteiger partial charge in [-0.15, -0.1) is 0 Å². The summed E-state index contributed by atoms with van der Waals surface area (Å²) in [4.78, 5) is 53.4. The van der Waals surface area contributed by atoms with E-state index in [-0.39, 0.29) is 30.0 Å². The summed E-state index contributed by atoms with van der Waals surface area (Å²) in [6.45, 7) is 6.36. The molecular formula is C26H32ClN7O7. The summed E-state index contributed by atoms with van der Waals surface area (Å²) in [5.41, 5.74) is 12.1. The molecule has 1 unspecified atom stereocenters. The van der Waals surface area contributed by atoms with Gasteiger partial charge >= 0.3 is 12.1 Å². The Labute approximate surface area is 240 Å². The van der Waals surface area contributed by atoms with Gasteiger partial charge in [0.25, 0.3) is 0 Å². The molecule has 1 aromatic carbocycles. The quantitative estimate of drug-likeness (QED) is 0.337. The van der Waals surface area contributed by atoms with Gasteiger partial charge in [0.15, 0.2) is 23.8 Å². The largest absolute Gasteiger partial charge is 0.464 e. The van der Waals surface area contributed by atoms with Crippen LogP contribution in [0.3, 0.4) is 0 Å². The van der Waals surface area contributed by atoms with Gasteiger partial charge in [-0.25, -0.2) is 29.4 Å². The molecule has 1 saturated heterocycles. The van der Waals surface area contributed by atoms with Crippen LogP contribution in [0.25, 0.3) is 11.2 Å². The molecule has 1 aliphatic heterocycles. The highest BCUT2D eigenvalue weighted by Crippen LogP contribution is 2.36. The van der Waals surface area contributed by atoms with E-state index in [0.29, 0.717) is 15.5 Å². The smallest absolute Gasteiger partial charge is 0.417 e. The van der Waals surface area contributed by atoms with E-state index in [2.05, 4.69) is 15.0 Å². The van der Waals surface area contributed by atoms with Crippen LogP contribution in [0.5, 0.6) is 0 Å². The predicted octanol–water partition coefficient (Wildman–Crippen LogP) is 1.59. The number of nitrogen functional groups attached to an aromatic ring is 1. The Morgan fingerprint density at radius 1 is 1.22 bits per heavy atom. The topological polar surface area (TPSA) is 198 Å². The second-order valence-corrected chi connectivity index (χ2v) is 10.8. The molecule has 0 aliphatic carbocycles. The fourth-order valence-corrected chi connectivity index (χ4v) is 4.70. The molecule has 2 amide bonds. The maximum atomic E-state index is 13.9. The minimum atomic E-state index is -1.68. The molecule has 0 radical (unpaired) electrons. The fraction of sp³-hybridized carbons (Fsp3) is 0.462. The number of rotatable bonds is 7.